The molecule has 1 aromatic carbocycles. The summed E-state index contributed by atoms with van der Waals surface area (Å²) in [4.78, 5) is 27.8. The zero-order valence-electron chi connectivity index (χ0n) is 18.1. The van der Waals surface area contributed by atoms with Crippen molar-refractivity contribution in [2.75, 3.05) is 31.6 Å². The van der Waals surface area contributed by atoms with Crippen LogP contribution in [0.4, 0.5) is 10.5 Å². The van der Waals surface area contributed by atoms with Crippen LogP contribution in [0.5, 0.6) is 0 Å². The Labute approximate surface area is 186 Å². The number of rotatable bonds is 3. The Kier molecular flexibility index (Phi) is 5.89. The second-order valence-electron chi connectivity index (χ2n) is 9.52. The summed E-state index contributed by atoms with van der Waals surface area (Å²) in [5, 5.41) is 6.21. The number of ether oxygens (including phenoxy) is 2. The summed E-state index contributed by atoms with van der Waals surface area (Å²) in [6, 6.07) is 8.72. The van der Waals surface area contributed by atoms with Crippen LogP contribution in [0.2, 0.25) is 0 Å². The van der Waals surface area contributed by atoms with Crippen LogP contribution in [0.15, 0.2) is 24.3 Å². The molecule has 1 aromatic rings. The van der Waals surface area contributed by atoms with Crippen molar-refractivity contribution in [3.8, 4) is 0 Å². The number of carbonyl (C=O) groups excluding carboxylic acids is 2. The average Bonchev–Trinajstić information content (AvgIpc) is 3.29. The molecule has 0 aromatic heterocycles. The molecule has 7 nitrogen and oxygen atoms in total. The van der Waals surface area contributed by atoms with E-state index in [1.165, 1.54) is 12.0 Å². The maximum absolute atomic E-state index is 12.9. The maximum Gasteiger partial charge on any atom is 0.407 e. The number of nitrogens with one attached hydrogen (secondary N) is 2. The molecule has 3 aliphatic heterocycles. The molecule has 2 saturated heterocycles. The second kappa shape index (κ2) is 8.79. The lowest BCUT2D eigenvalue weighted by Crippen LogP contribution is -2.51. The van der Waals surface area contributed by atoms with Crippen LogP contribution >= 0.6 is 0 Å². The molecule has 0 bridgehead atoms. The summed E-state index contributed by atoms with van der Waals surface area (Å²) >= 11 is 0. The summed E-state index contributed by atoms with van der Waals surface area (Å²) < 4.78 is 10.8. The highest BCUT2D eigenvalue weighted by molar-refractivity contribution is 6.06. The van der Waals surface area contributed by atoms with Crippen LogP contribution in [-0.4, -0.2) is 61.4 Å². The Balaban J connectivity index is 0.00000153. The first-order chi connectivity index (χ1) is 15.1. The molecule has 5 rings (SSSR count). The lowest BCUT2D eigenvalue weighted by atomic mass is 9.73. The van der Waals surface area contributed by atoms with Crippen molar-refractivity contribution >= 4 is 17.7 Å². The van der Waals surface area contributed by atoms with Gasteiger partial charge >= 0.3 is 6.09 Å². The molecule has 7 heteroatoms. The van der Waals surface area contributed by atoms with E-state index >= 15 is 0 Å². The standard InChI is InChI=1S/C24H33N3O4.2H2/c28-22-24(20-7-3-4-8-21(20)26-22)10-12-27(13-11-24)18-6-2-1-5-17(15-18)25-23(29)31-19-9-14-30-16-19;;/h3-4,7-8,17-19H,1-2,5-6,9-16H2,(H,25,29)(H,26,28);2*1H/t17?,18?,19-;;/m0../s1. The maximum atomic E-state index is 12.9. The van der Waals surface area contributed by atoms with E-state index in [4.69, 9.17) is 9.47 Å². The smallest absolute Gasteiger partial charge is 0.407 e. The van der Waals surface area contributed by atoms with Gasteiger partial charge in [0, 0.05) is 27.0 Å². The fourth-order valence-corrected chi connectivity index (χ4v) is 5.90. The number of para-hydroxylation sites is 1. The molecule has 2 unspecified atom stereocenters. The number of carbonyl (C=O) groups is 2. The molecule has 4 aliphatic rings. The van der Waals surface area contributed by atoms with E-state index < -0.39 is 0 Å². The lowest BCUT2D eigenvalue weighted by molar-refractivity contribution is -0.122. The van der Waals surface area contributed by atoms with Gasteiger partial charge in [0.15, 0.2) is 0 Å². The Morgan fingerprint density at radius 3 is 2.81 bits per heavy atom. The second-order valence-corrected chi connectivity index (χ2v) is 9.52. The van der Waals surface area contributed by atoms with E-state index in [0.717, 1.165) is 63.7 Å². The van der Waals surface area contributed by atoms with Gasteiger partial charge in [-0.3, -0.25) is 4.79 Å². The van der Waals surface area contributed by atoms with E-state index in [1.807, 2.05) is 18.2 Å². The third-order valence-electron chi connectivity index (χ3n) is 7.67. The Morgan fingerprint density at radius 1 is 1.19 bits per heavy atom. The van der Waals surface area contributed by atoms with Gasteiger partial charge < -0.3 is 25.0 Å². The topological polar surface area (TPSA) is 79.9 Å². The Bertz CT molecular complexity index is 826. The van der Waals surface area contributed by atoms with Crippen LogP contribution in [-0.2, 0) is 19.7 Å². The Hall–Kier alpha value is -2.12. The summed E-state index contributed by atoms with van der Waals surface area (Å²) in [5.74, 6) is 0.160. The fourth-order valence-electron chi connectivity index (χ4n) is 5.90. The number of anilines is 1. The van der Waals surface area contributed by atoms with Gasteiger partial charge in [-0.1, -0.05) is 31.0 Å². The molecule has 172 valence electrons. The summed E-state index contributed by atoms with van der Waals surface area (Å²) in [7, 11) is 0. The number of hydrogen-bond donors (Lipinski definition) is 2. The first kappa shape index (κ1) is 20.8. The molecule has 31 heavy (non-hydrogen) atoms. The third-order valence-corrected chi connectivity index (χ3v) is 7.67. The van der Waals surface area contributed by atoms with Crippen molar-refractivity contribution in [3.63, 3.8) is 0 Å². The van der Waals surface area contributed by atoms with Gasteiger partial charge in [-0.15, -0.1) is 0 Å². The zero-order valence-corrected chi connectivity index (χ0v) is 18.1. The quantitative estimate of drug-likeness (QED) is 0.714. The molecule has 1 saturated carbocycles. The van der Waals surface area contributed by atoms with Gasteiger partial charge in [0.1, 0.15) is 6.10 Å². The van der Waals surface area contributed by atoms with E-state index in [2.05, 4.69) is 21.6 Å². The number of amides is 2. The fraction of sp³-hybridized carbons (Fsp3) is 0.667. The largest absolute Gasteiger partial charge is 0.444 e. The number of fused-ring (bicyclic) bond motifs is 2. The van der Waals surface area contributed by atoms with Crippen molar-refractivity contribution < 1.29 is 21.9 Å². The first-order valence-corrected chi connectivity index (χ1v) is 11.8. The van der Waals surface area contributed by atoms with E-state index in [9.17, 15) is 9.59 Å². The number of hydrogen-bond acceptors (Lipinski definition) is 5. The third kappa shape index (κ3) is 4.17. The molecule has 2 N–H and O–H groups in total. The molecule has 3 atom stereocenters. The number of alkyl carbamates (subject to hydrolysis) is 1. The van der Waals surface area contributed by atoms with Crippen LogP contribution in [0.25, 0.3) is 0 Å². The minimum absolute atomic E-state index is 0. The molecule has 0 radical (unpaired) electrons. The number of likely N-dealkylation sites (tertiary alicyclic amines) is 1. The van der Waals surface area contributed by atoms with Gasteiger partial charge in [-0.2, -0.15) is 0 Å². The average molecular weight is 432 g/mol. The van der Waals surface area contributed by atoms with E-state index in [1.54, 1.807) is 0 Å². The minimum Gasteiger partial charge on any atom is -0.444 e. The van der Waals surface area contributed by atoms with Crippen LogP contribution in [0, 0.1) is 0 Å². The number of piperidine rings is 1. The predicted octanol–water partition coefficient (Wildman–Crippen LogP) is 3.68. The molecule has 2 amide bonds. The zero-order chi connectivity index (χ0) is 21.3. The first-order valence-electron chi connectivity index (χ1n) is 11.8. The van der Waals surface area contributed by atoms with E-state index in [-0.39, 0.29) is 32.4 Å². The van der Waals surface area contributed by atoms with Gasteiger partial charge in [0.25, 0.3) is 0 Å². The van der Waals surface area contributed by atoms with Gasteiger partial charge in [-0.05, 0) is 56.8 Å². The van der Waals surface area contributed by atoms with Crippen molar-refractivity contribution in [1.82, 2.24) is 10.2 Å². The predicted molar refractivity (Wildman–Crippen MR) is 121 cm³/mol. The van der Waals surface area contributed by atoms with Crippen LogP contribution in [0.1, 0.15) is 59.8 Å². The van der Waals surface area contributed by atoms with Crippen LogP contribution in [0.3, 0.4) is 0 Å². The molecule has 1 aliphatic carbocycles. The molecule has 3 heterocycles. The van der Waals surface area contributed by atoms with Gasteiger partial charge in [-0.25, -0.2) is 4.79 Å². The molecule has 3 fully saturated rings. The molecular formula is C24H37N3O4. The highest BCUT2D eigenvalue weighted by Gasteiger charge is 2.48. The normalized spacial score (nSPS) is 30.5. The van der Waals surface area contributed by atoms with Crippen molar-refractivity contribution in [2.24, 2.45) is 0 Å². The van der Waals surface area contributed by atoms with Crippen molar-refractivity contribution in [3.05, 3.63) is 29.8 Å². The highest BCUT2D eigenvalue weighted by atomic mass is 16.6. The van der Waals surface area contributed by atoms with E-state index in [0.29, 0.717) is 19.3 Å². The summed E-state index contributed by atoms with van der Waals surface area (Å²) in [6.45, 7) is 3.02. The number of nitrogens with zero attached hydrogens (tertiary/aromatic N) is 1. The SMILES string of the molecule is O=C(NC1CCCCC(N2CCC3(CC2)C(=O)Nc2ccccc23)C1)O[C@H]1CCOC1.[HH].[HH]. The summed E-state index contributed by atoms with van der Waals surface area (Å²) in [5.41, 5.74) is 1.77. The van der Waals surface area contributed by atoms with Crippen LogP contribution < -0.4 is 10.6 Å². The Morgan fingerprint density at radius 2 is 2.00 bits per heavy atom. The van der Waals surface area contributed by atoms with Crippen molar-refractivity contribution in [1.29, 1.82) is 0 Å². The van der Waals surface area contributed by atoms with Gasteiger partial charge in [0.2, 0.25) is 5.91 Å². The highest BCUT2D eigenvalue weighted by Crippen LogP contribution is 2.45. The monoisotopic (exact) mass is 431 g/mol. The number of benzene rings is 1. The van der Waals surface area contributed by atoms with Gasteiger partial charge in [0.05, 0.1) is 18.6 Å². The van der Waals surface area contributed by atoms with Crippen molar-refractivity contribution in [2.45, 2.75) is 75.0 Å². The molecular weight excluding hydrogens is 394 g/mol. The molecule has 1 spiro atoms. The minimum atomic E-state index is -0.372. The lowest BCUT2D eigenvalue weighted by Gasteiger charge is -2.42. The summed E-state index contributed by atoms with van der Waals surface area (Å²) in [6.07, 6.45) is 7.49.